The number of para-hydroxylation sites is 1. The van der Waals surface area contributed by atoms with Gasteiger partial charge >= 0.3 is 0 Å². The summed E-state index contributed by atoms with van der Waals surface area (Å²) in [6.07, 6.45) is 3.43. The molecule has 164 valence electrons. The molecule has 1 aliphatic rings. The minimum absolute atomic E-state index is 0.235. The van der Waals surface area contributed by atoms with Crippen molar-refractivity contribution in [1.29, 1.82) is 0 Å². The molecule has 33 heavy (non-hydrogen) atoms. The number of ether oxygens (including phenoxy) is 1. The van der Waals surface area contributed by atoms with E-state index in [9.17, 15) is 4.79 Å². The van der Waals surface area contributed by atoms with Gasteiger partial charge in [-0.05, 0) is 48.0 Å². The quantitative estimate of drug-likeness (QED) is 0.437. The molecule has 0 spiro atoms. The van der Waals surface area contributed by atoms with Crippen LogP contribution < -0.4 is 15.0 Å². The van der Waals surface area contributed by atoms with Crippen LogP contribution in [0.1, 0.15) is 27.3 Å². The van der Waals surface area contributed by atoms with Gasteiger partial charge in [-0.2, -0.15) is 0 Å². The Labute approximate surface area is 196 Å². The molecule has 0 aliphatic carbocycles. The average molecular weight is 457 g/mol. The monoisotopic (exact) mass is 456 g/mol. The molecule has 0 saturated heterocycles. The predicted octanol–water partition coefficient (Wildman–Crippen LogP) is 5.37. The van der Waals surface area contributed by atoms with Gasteiger partial charge < -0.3 is 15.0 Å². The molecular weight excluding hydrogens is 436 g/mol. The molecule has 5 rings (SSSR count). The number of fused-ring (bicyclic) bond motifs is 2. The van der Waals surface area contributed by atoms with Crippen LogP contribution in [0.3, 0.4) is 0 Å². The third-order valence-corrected chi connectivity index (χ3v) is 5.64. The largest absolute Gasteiger partial charge is 0.455 e. The molecule has 0 atom stereocenters. The lowest BCUT2D eigenvalue weighted by Gasteiger charge is -2.24. The Kier molecular flexibility index (Phi) is 5.91. The smallest absolute Gasteiger partial charge is 0.270 e. The van der Waals surface area contributed by atoms with Crippen LogP contribution in [-0.4, -0.2) is 15.9 Å². The van der Waals surface area contributed by atoms with E-state index >= 15 is 0 Å². The van der Waals surface area contributed by atoms with E-state index in [1.165, 1.54) is 0 Å². The molecule has 2 aromatic carbocycles. The summed E-state index contributed by atoms with van der Waals surface area (Å²) < 4.78 is 6.17. The summed E-state index contributed by atoms with van der Waals surface area (Å²) in [6, 6.07) is 22.9. The van der Waals surface area contributed by atoms with E-state index in [0.29, 0.717) is 30.4 Å². The van der Waals surface area contributed by atoms with Crippen molar-refractivity contribution in [2.45, 2.75) is 19.6 Å². The third-order valence-electron chi connectivity index (χ3n) is 5.40. The highest BCUT2D eigenvalue weighted by Crippen LogP contribution is 2.40. The van der Waals surface area contributed by atoms with Crippen molar-refractivity contribution in [3.63, 3.8) is 0 Å². The molecule has 6 nitrogen and oxygen atoms in total. The molecule has 0 fully saturated rings. The van der Waals surface area contributed by atoms with Gasteiger partial charge in [-0.1, -0.05) is 41.9 Å². The third kappa shape index (κ3) is 4.81. The molecule has 1 amide bonds. The number of hydrogen-bond donors (Lipinski definition) is 1. The minimum atomic E-state index is -0.235. The zero-order valence-corrected chi connectivity index (χ0v) is 18.5. The second-order valence-electron chi connectivity index (χ2n) is 7.73. The normalized spacial score (nSPS) is 12.2. The maximum Gasteiger partial charge on any atom is 0.270 e. The Morgan fingerprint density at radius 2 is 1.88 bits per heavy atom. The maximum atomic E-state index is 12.5. The van der Waals surface area contributed by atoms with Crippen LogP contribution in [0.4, 0.5) is 5.69 Å². The van der Waals surface area contributed by atoms with E-state index in [0.717, 1.165) is 34.0 Å². The first-order valence-corrected chi connectivity index (χ1v) is 11.0. The van der Waals surface area contributed by atoms with Crippen LogP contribution in [0.2, 0.25) is 5.02 Å². The fourth-order valence-corrected chi connectivity index (χ4v) is 3.91. The second-order valence-corrected chi connectivity index (χ2v) is 8.17. The van der Waals surface area contributed by atoms with Gasteiger partial charge in [0, 0.05) is 36.1 Å². The molecule has 1 N–H and O–H groups in total. The highest BCUT2D eigenvalue weighted by atomic mass is 35.5. The summed E-state index contributed by atoms with van der Waals surface area (Å²) in [6.45, 7) is 1.61. The zero-order valence-electron chi connectivity index (χ0n) is 17.7. The predicted molar refractivity (Wildman–Crippen MR) is 127 cm³/mol. The standard InChI is InChI=1S/C26H21ClN4O2/c27-20-9-11-25-23(13-20)31(17-19-5-1-2-7-24(19)33-25)16-18-8-10-22(29-14-18)26(32)30-15-21-6-3-4-12-28-21/h1-14H,15-17H2,(H,30,32). The molecule has 7 heteroatoms. The van der Waals surface area contributed by atoms with E-state index in [4.69, 9.17) is 16.3 Å². The first kappa shape index (κ1) is 21.0. The summed E-state index contributed by atoms with van der Waals surface area (Å²) in [4.78, 5) is 23.3. The van der Waals surface area contributed by atoms with Crippen molar-refractivity contribution in [2.75, 3.05) is 4.90 Å². The van der Waals surface area contributed by atoms with Crippen LogP contribution in [0.25, 0.3) is 0 Å². The Hall–Kier alpha value is -3.90. The van der Waals surface area contributed by atoms with Crippen LogP contribution in [0.15, 0.2) is 85.2 Å². The topological polar surface area (TPSA) is 67.4 Å². The van der Waals surface area contributed by atoms with Crippen molar-refractivity contribution >= 4 is 23.2 Å². The maximum absolute atomic E-state index is 12.5. The van der Waals surface area contributed by atoms with E-state index in [1.807, 2.05) is 60.7 Å². The minimum Gasteiger partial charge on any atom is -0.455 e. The number of pyridine rings is 2. The molecule has 0 radical (unpaired) electrons. The Bertz CT molecular complexity index is 1280. The highest BCUT2D eigenvalue weighted by molar-refractivity contribution is 6.31. The molecule has 4 aromatic rings. The van der Waals surface area contributed by atoms with Gasteiger partial charge in [0.2, 0.25) is 0 Å². The number of amides is 1. The fourth-order valence-electron chi connectivity index (χ4n) is 3.75. The highest BCUT2D eigenvalue weighted by Gasteiger charge is 2.21. The average Bonchev–Trinajstić information content (AvgIpc) is 3.00. The number of nitrogens with one attached hydrogen (secondary N) is 1. The molecule has 0 saturated carbocycles. The van der Waals surface area contributed by atoms with Gasteiger partial charge in [0.1, 0.15) is 11.4 Å². The number of nitrogens with zero attached hydrogens (tertiary/aromatic N) is 3. The van der Waals surface area contributed by atoms with E-state index in [2.05, 4.69) is 26.3 Å². The zero-order chi connectivity index (χ0) is 22.6. The van der Waals surface area contributed by atoms with Crippen LogP contribution >= 0.6 is 11.6 Å². The first-order chi connectivity index (χ1) is 16.2. The van der Waals surface area contributed by atoms with E-state index in [1.54, 1.807) is 18.5 Å². The van der Waals surface area contributed by atoms with Gasteiger partial charge in [0.05, 0.1) is 17.9 Å². The van der Waals surface area contributed by atoms with Crippen molar-refractivity contribution in [2.24, 2.45) is 0 Å². The molecule has 2 aromatic heterocycles. The number of benzene rings is 2. The summed E-state index contributed by atoms with van der Waals surface area (Å²) in [5.74, 6) is 1.35. The number of rotatable bonds is 5. The summed E-state index contributed by atoms with van der Waals surface area (Å²) in [5.41, 5.74) is 4.13. The lowest BCUT2D eigenvalue weighted by atomic mass is 10.1. The number of carbonyl (C=O) groups is 1. The Balaban J connectivity index is 1.33. The second kappa shape index (κ2) is 9.30. The molecule has 1 aliphatic heterocycles. The van der Waals surface area contributed by atoms with Crippen molar-refractivity contribution in [3.8, 4) is 11.5 Å². The Morgan fingerprint density at radius 1 is 1.00 bits per heavy atom. The van der Waals surface area contributed by atoms with Crippen molar-refractivity contribution in [1.82, 2.24) is 15.3 Å². The molecular formula is C26H21ClN4O2. The van der Waals surface area contributed by atoms with Crippen molar-refractivity contribution in [3.05, 3.63) is 113 Å². The van der Waals surface area contributed by atoms with E-state index in [-0.39, 0.29) is 5.91 Å². The van der Waals surface area contributed by atoms with Crippen molar-refractivity contribution < 1.29 is 9.53 Å². The SMILES string of the molecule is O=C(NCc1ccccn1)c1ccc(CN2Cc3ccccc3Oc3ccc(Cl)cc32)cn1. The number of hydrogen-bond acceptors (Lipinski definition) is 5. The van der Waals surface area contributed by atoms with Gasteiger partial charge in [0.15, 0.2) is 5.75 Å². The van der Waals surface area contributed by atoms with E-state index < -0.39 is 0 Å². The van der Waals surface area contributed by atoms with Gasteiger partial charge in [-0.25, -0.2) is 0 Å². The number of halogens is 1. The number of carbonyl (C=O) groups excluding carboxylic acids is 1. The Morgan fingerprint density at radius 3 is 2.70 bits per heavy atom. The lowest BCUT2D eigenvalue weighted by Crippen LogP contribution is -2.25. The summed E-state index contributed by atoms with van der Waals surface area (Å²) >= 11 is 6.30. The van der Waals surface area contributed by atoms with Crippen LogP contribution in [0.5, 0.6) is 11.5 Å². The van der Waals surface area contributed by atoms with Crippen LogP contribution in [0, 0.1) is 0 Å². The molecule has 3 heterocycles. The van der Waals surface area contributed by atoms with Crippen LogP contribution in [-0.2, 0) is 19.6 Å². The fraction of sp³-hybridized carbons (Fsp3) is 0.115. The van der Waals surface area contributed by atoms with Gasteiger partial charge in [0.25, 0.3) is 5.91 Å². The lowest BCUT2D eigenvalue weighted by molar-refractivity contribution is 0.0945. The van der Waals surface area contributed by atoms with Gasteiger partial charge in [-0.15, -0.1) is 0 Å². The molecule has 0 unspecified atom stereocenters. The summed E-state index contributed by atoms with van der Waals surface area (Å²) in [5, 5.41) is 3.49. The first-order valence-electron chi connectivity index (χ1n) is 10.6. The molecule has 0 bridgehead atoms. The number of anilines is 1. The number of aromatic nitrogens is 2. The van der Waals surface area contributed by atoms with Gasteiger partial charge in [-0.3, -0.25) is 14.8 Å². The summed E-state index contributed by atoms with van der Waals surface area (Å²) in [7, 11) is 0.